The Balaban J connectivity index is 2.27. The molecule has 1 saturated heterocycles. The van der Waals surface area contributed by atoms with Gasteiger partial charge in [0.25, 0.3) is 5.91 Å². The predicted molar refractivity (Wildman–Crippen MR) is 74.9 cm³/mol. The molecule has 0 radical (unpaired) electrons. The molecule has 1 aromatic carbocycles. The molecule has 3 nitrogen and oxygen atoms in total. The van der Waals surface area contributed by atoms with Gasteiger partial charge in [0.05, 0.1) is 11.3 Å². The summed E-state index contributed by atoms with van der Waals surface area (Å²) in [6, 6.07) is 4.65. The fraction of sp³-hybridized carbons (Fsp3) is 0.533. The highest BCUT2D eigenvalue weighted by Gasteiger charge is 2.33. The van der Waals surface area contributed by atoms with E-state index in [2.05, 4.69) is 19.2 Å². The van der Waals surface area contributed by atoms with E-state index in [1.54, 1.807) is 12.1 Å². The lowest BCUT2D eigenvalue weighted by atomic mass is 9.93. The van der Waals surface area contributed by atoms with Crippen molar-refractivity contribution in [2.24, 2.45) is 5.41 Å². The maximum Gasteiger partial charge on any atom is 0.256 e. The van der Waals surface area contributed by atoms with Crippen LogP contribution in [0.2, 0.25) is 0 Å². The van der Waals surface area contributed by atoms with Crippen LogP contribution in [0.1, 0.15) is 37.6 Å². The molecule has 0 unspecified atom stereocenters. The van der Waals surface area contributed by atoms with Gasteiger partial charge in [0.15, 0.2) is 0 Å². The molecule has 1 aromatic rings. The molecule has 0 atom stereocenters. The summed E-state index contributed by atoms with van der Waals surface area (Å²) in [5.41, 5.74) is 0.903. The lowest BCUT2D eigenvalue weighted by Gasteiger charge is -2.21. The zero-order valence-corrected chi connectivity index (χ0v) is 11.8. The number of halogens is 1. The number of rotatable bonds is 3. The molecule has 0 saturated carbocycles. The first kappa shape index (κ1) is 13.8. The Hall–Kier alpha value is -1.58. The second-order valence-corrected chi connectivity index (χ2v) is 5.83. The van der Waals surface area contributed by atoms with Crippen LogP contribution in [0.15, 0.2) is 18.2 Å². The molecule has 0 bridgehead atoms. The minimum atomic E-state index is -0.369. The van der Waals surface area contributed by atoms with Crippen molar-refractivity contribution in [2.75, 3.05) is 25.0 Å². The molecule has 1 N–H and O–H groups in total. The van der Waals surface area contributed by atoms with Gasteiger partial charge in [-0.2, -0.15) is 0 Å². The van der Waals surface area contributed by atoms with Crippen molar-refractivity contribution in [1.82, 2.24) is 4.90 Å². The number of hydrogen-bond donors (Lipinski definition) is 1. The van der Waals surface area contributed by atoms with Crippen molar-refractivity contribution < 1.29 is 9.18 Å². The largest absolute Gasteiger partial charge is 0.382 e. The molecule has 104 valence electrons. The second kappa shape index (κ2) is 5.19. The summed E-state index contributed by atoms with van der Waals surface area (Å²) in [6.07, 6.45) is 0.991. The quantitative estimate of drug-likeness (QED) is 0.909. The van der Waals surface area contributed by atoms with Gasteiger partial charge < -0.3 is 10.2 Å². The number of carbonyl (C=O) groups is 1. The third-order valence-electron chi connectivity index (χ3n) is 3.56. The number of nitrogens with one attached hydrogen (secondary N) is 1. The van der Waals surface area contributed by atoms with Crippen molar-refractivity contribution in [3.8, 4) is 0 Å². The monoisotopic (exact) mass is 264 g/mol. The van der Waals surface area contributed by atoms with E-state index in [0.717, 1.165) is 19.5 Å². The van der Waals surface area contributed by atoms with Crippen molar-refractivity contribution >= 4 is 11.6 Å². The maximum absolute atomic E-state index is 13.8. The van der Waals surface area contributed by atoms with Crippen LogP contribution < -0.4 is 5.32 Å². The van der Waals surface area contributed by atoms with Crippen LogP contribution in [-0.2, 0) is 0 Å². The summed E-state index contributed by atoms with van der Waals surface area (Å²) in [4.78, 5) is 14.3. The Kier molecular flexibility index (Phi) is 3.78. The first-order chi connectivity index (χ1) is 8.94. The molecule has 1 amide bonds. The molecule has 4 heteroatoms. The molecule has 1 aliphatic rings. The Bertz CT molecular complexity index is 485. The van der Waals surface area contributed by atoms with Gasteiger partial charge >= 0.3 is 0 Å². The highest BCUT2D eigenvalue weighted by molar-refractivity contribution is 5.99. The lowest BCUT2D eigenvalue weighted by molar-refractivity contribution is 0.0779. The molecular weight excluding hydrogens is 243 g/mol. The zero-order valence-electron chi connectivity index (χ0n) is 11.8. The van der Waals surface area contributed by atoms with E-state index >= 15 is 0 Å². The molecule has 0 aliphatic carbocycles. The smallest absolute Gasteiger partial charge is 0.256 e. The summed E-state index contributed by atoms with van der Waals surface area (Å²) in [5, 5.41) is 2.95. The molecule has 0 spiro atoms. The third kappa shape index (κ3) is 2.88. The van der Waals surface area contributed by atoms with E-state index in [9.17, 15) is 9.18 Å². The van der Waals surface area contributed by atoms with Gasteiger partial charge in [-0.05, 0) is 30.9 Å². The van der Waals surface area contributed by atoms with Gasteiger partial charge in [-0.1, -0.05) is 19.9 Å². The standard InChI is InChI=1S/C15H21FN2O/c1-4-17-13-11(6-5-7-12(13)16)14(19)18-9-8-15(2,3)10-18/h5-7,17H,4,8-10H2,1-3H3. The van der Waals surface area contributed by atoms with Crippen LogP contribution in [-0.4, -0.2) is 30.4 Å². The second-order valence-electron chi connectivity index (χ2n) is 5.83. The average molecular weight is 264 g/mol. The highest BCUT2D eigenvalue weighted by Crippen LogP contribution is 2.31. The van der Waals surface area contributed by atoms with Crippen LogP contribution in [0.5, 0.6) is 0 Å². The maximum atomic E-state index is 13.8. The Morgan fingerprint density at radius 2 is 2.21 bits per heavy atom. The fourth-order valence-electron chi connectivity index (χ4n) is 2.51. The first-order valence-electron chi connectivity index (χ1n) is 6.76. The summed E-state index contributed by atoms with van der Waals surface area (Å²) in [5.74, 6) is -0.452. The van der Waals surface area contributed by atoms with Crippen LogP contribution in [0.4, 0.5) is 10.1 Å². The minimum Gasteiger partial charge on any atom is -0.382 e. The normalized spacial score (nSPS) is 17.6. The van der Waals surface area contributed by atoms with E-state index in [1.165, 1.54) is 6.07 Å². The number of para-hydroxylation sites is 1. The third-order valence-corrected chi connectivity index (χ3v) is 3.56. The molecule has 1 fully saturated rings. The minimum absolute atomic E-state index is 0.0824. The lowest BCUT2D eigenvalue weighted by Crippen LogP contribution is -2.31. The van der Waals surface area contributed by atoms with Crippen molar-refractivity contribution in [3.05, 3.63) is 29.6 Å². The van der Waals surface area contributed by atoms with Crippen LogP contribution in [0, 0.1) is 11.2 Å². The average Bonchev–Trinajstić information content (AvgIpc) is 2.72. The number of nitrogens with zero attached hydrogens (tertiary/aromatic N) is 1. The van der Waals surface area contributed by atoms with Crippen molar-refractivity contribution in [2.45, 2.75) is 27.2 Å². The number of likely N-dealkylation sites (tertiary alicyclic amines) is 1. The Morgan fingerprint density at radius 1 is 1.47 bits per heavy atom. The Labute approximate surface area is 113 Å². The molecule has 1 aliphatic heterocycles. The fourth-order valence-corrected chi connectivity index (χ4v) is 2.51. The number of carbonyl (C=O) groups excluding carboxylic acids is 1. The molecule has 1 heterocycles. The van der Waals surface area contributed by atoms with Crippen LogP contribution >= 0.6 is 0 Å². The molecule has 19 heavy (non-hydrogen) atoms. The van der Waals surface area contributed by atoms with Crippen molar-refractivity contribution in [3.63, 3.8) is 0 Å². The molecular formula is C15H21FN2O. The summed E-state index contributed by atoms with van der Waals surface area (Å²) in [6.45, 7) is 8.25. The van der Waals surface area contributed by atoms with Gasteiger partial charge in [0, 0.05) is 19.6 Å². The van der Waals surface area contributed by atoms with Gasteiger partial charge in [0.1, 0.15) is 5.82 Å². The zero-order chi connectivity index (χ0) is 14.0. The van der Waals surface area contributed by atoms with Gasteiger partial charge in [-0.25, -0.2) is 4.39 Å². The summed E-state index contributed by atoms with van der Waals surface area (Å²) < 4.78 is 13.8. The topological polar surface area (TPSA) is 32.3 Å². The van der Waals surface area contributed by atoms with E-state index in [-0.39, 0.29) is 17.1 Å². The summed E-state index contributed by atoms with van der Waals surface area (Å²) >= 11 is 0. The number of benzene rings is 1. The number of anilines is 1. The SMILES string of the molecule is CCNc1c(F)cccc1C(=O)N1CCC(C)(C)C1. The summed E-state index contributed by atoms with van der Waals surface area (Å²) in [7, 11) is 0. The molecule has 0 aromatic heterocycles. The first-order valence-corrected chi connectivity index (χ1v) is 6.76. The van der Waals surface area contributed by atoms with E-state index in [1.807, 2.05) is 11.8 Å². The van der Waals surface area contributed by atoms with E-state index in [0.29, 0.717) is 17.8 Å². The number of amides is 1. The van der Waals surface area contributed by atoms with Crippen LogP contribution in [0.25, 0.3) is 0 Å². The van der Waals surface area contributed by atoms with Gasteiger partial charge in [-0.15, -0.1) is 0 Å². The van der Waals surface area contributed by atoms with Crippen LogP contribution in [0.3, 0.4) is 0 Å². The number of hydrogen-bond acceptors (Lipinski definition) is 2. The highest BCUT2D eigenvalue weighted by atomic mass is 19.1. The van der Waals surface area contributed by atoms with Gasteiger partial charge in [-0.3, -0.25) is 4.79 Å². The Morgan fingerprint density at radius 3 is 2.79 bits per heavy atom. The van der Waals surface area contributed by atoms with Crippen molar-refractivity contribution in [1.29, 1.82) is 0 Å². The predicted octanol–water partition coefficient (Wildman–Crippen LogP) is 3.13. The van der Waals surface area contributed by atoms with Gasteiger partial charge in [0.2, 0.25) is 0 Å². The molecule has 2 rings (SSSR count). The van der Waals surface area contributed by atoms with E-state index in [4.69, 9.17) is 0 Å². The van der Waals surface area contributed by atoms with E-state index < -0.39 is 0 Å².